The maximum Gasteiger partial charge on any atom is 0.281 e. The Kier molecular flexibility index (Phi) is 5.27. The summed E-state index contributed by atoms with van der Waals surface area (Å²) in [5, 5.41) is 0. The zero-order valence-corrected chi connectivity index (χ0v) is 16.3. The Morgan fingerprint density at radius 3 is 2.62 bits per heavy atom. The smallest absolute Gasteiger partial charge is 0.281 e. The van der Waals surface area contributed by atoms with E-state index in [-0.39, 0.29) is 5.92 Å². The Hall–Kier alpha value is -2.03. The molecule has 0 saturated carbocycles. The quantitative estimate of drug-likeness (QED) is 0.801. The molecule has 7 nitrogen and oxygen atoms in total. The summed E-state index contributed by atoms with van der Waals surface area (Å²) in [4.78, 5) is 9.06. The number of hydrogen-bond acceptors (Lipinski definition) is 5. The second-order valence-electron chi connectivity index (χ2n) is 6.71. The minimum Gasteiger partial charge on any atom is -0.439 e. The van der Waals surface area contributed by atoms with Crippen molar-refractivity contribution in [2.24, 2.45) is 0 Å². The van der Waals surface area contributed by atoms with Gasteiger partial charge in [-0.05, 0) is 31.9 Å². The molecule has 1 unspecified atom stereocenters. The minimum atomic E-state index is -3.41. The highest BCUT2D eigenvalue weighted by Gasteiger charge is 2.35. The number of aryl methyl sites for hydroxylation is 2. The third kappa shape index (κ3) is 3.87. The molecule has 0 amide bonds. The standard InChI is InChI=1S/C18H24N4O3S/c1-13-7-5-6-8-16(13)25-17-11-14(2)19-18(20-17)15-9-10-22(12-15)26(23,24)21(3)4/h5-8,11,15H,9-10,12H2,1-4H3. The highest BCUT2D eigenvalue weighted by molar-refractivity contribution is 7.86. The summed E-state index contributed by atoms with van der Waals surface area (Å²) in [5.74, 6) is 1.82. The average molecular weight is 376 g/mol. The van der Waals surface area contributed by atoms with Crippen LogP contribution in [0.1, 0.15) is 29.4 Å². The van der Waals surface area contributed by atoms with Crippen LogP contribution in [0.3, 0.4) is 0 Å². The SMILES string of the molecule is Cc1cc(Oc2ccccc2C)nc(C2CCN(S(=O)(=O)N(C)C)C2)n1. The van der Waals surface area contributed by atoms with E-state index in [1.807, 2.05) is 38.1 Å². The molecule has 26 heavy (non-hydrogen) atoms. The van der Waals surface area contributed by atoms with Gasteiger partial charge in [0.15, 0.2) is 0 Å². The predicted molar refractivity (Wildman–Crippen MR) is 99.6 cm³/mol. The summed E-state index contributed by atoms with van der Waals surface area (Å²) in [6, 6.07) is 9.53. The van der Waals surface area contributed by atoms with Gasteiger partial charge in [0.05, 0.1) is 0 Å². The summed E-state index contributed by atoms with van der Waals surface area (Å²) in [6.07, 6.45) is 0.695. The molecule has 1 aliphatic rings. The van der Waals surface area contributed by atoms with Gasteiger partial charge in [0.1, 0.15) is 11.6 Å². The van der Waals surface area contributed by atoms with Crippen molar-refractivity contribution in [3.8, 4) is 11.6 Å². The first-order chi connectivity index (χ1) is 12.3. The van der Waals surface area contributed by atoms with Gasteiger partial charge < -0.3 is 4.74 Å². The third-order valence-corrected chi connectivity index (χ3v) is 6.37. The zero-order valence-electron chi connectivity index (χ0n) is 15.5. The van der Waals surface area contributed by atoms with Gasteiger partial charge >= 0.3 is 0 Å². The zero-order chi connectivity index (χ0) is 18.9. The van der Waals surface area contributed by atoms with Crippen LogP contribution >= 0.6 is 0 Å². The van der Waals surface area contributed by atoms with Gasteiger partial charge in [0, 0.05) is 44.9 Å². The van der Waals surface area contributed by atoms with E-state index in [4.69, 9.17) is 4.74 Å². The van der Waals surface area contributed by atoms with Crippen LogP contribution in [-0.4, -0.2) is 54.2 Å². The lowest BCUT2D eigenvalue weighted by molar-refractivity contribution is 0.416. The van der Waals surface area contributed by atoms with Crippen LogP contribution in [0.5, 0.6) is 11.6 Å². The molecule has 1 aromatic heterocycles. The van der Waals surface area contributed by atoms with Gasteiger partial charge in [0.25, 0.3) is 10.2 Å². The highest BCUT2D eigenvalue weighted by Crippen LogP contribution is 2.30. The van der Waals surface area contributed by atoms with Crippen LogP contribution in [0.2, 0.25) is 0 Å². The van der Waals surface area contributed by atoms with Crippen LogP contribution in [0.15, 0.2) is 30.3 Å². The predicted octanol–water partition coefficient (Wildman–Crippen LogP) is 2.48. The molecule has 2 heterocycles. The number of benzene rings is 1. The first kappa shape index (κ1) is 18.8. The van der Waals surface area contributed by atoms with Gasteiger partial charge in [-0.15, -0.1) is 0 Å². The van der Waals surface area contributed by atoms with Crippen molar-refractivity contribution in [1.82, 2.24) is 18.6 Å². The Morgan fingerprint density at radius 2 is 1.92 bits per heavy atom. The van der Waals surface area contributed by atoms with Crippen molar-refractivity contribution in [3.63, 3.8) is 0 Å². The first-order valence-electron chi connectivity index (χ1n) is 8.54. The molecule has 1 fully saturated rings. The number of hydrogen-bond donors (Lipinski definition) is 0. The number of ether oxygens (including phenoxy) is 1. The van der Waals surface area contributed by atoms with Crippen LogP contribution < -0.4 is 4.74 Å². The molecule has 2 aromatic rings. The fraction of sp³-hybridized carbons (Fsp3) is 0.444. The summed E-state index contributed by atoms with van der Waals surface area (Å²) in [7, 11) is -0.329. The van der Waals surface area contributed by atoms with E-state index in [9.17, 15) is 8.42 Å². The molecule has 1 aliphatic heterocycles. The molecule has 0 radical (unpaired) electrons. The molecule has 1 atom stereocenters. The molecule has 1 aromatic carbocycles. The Morgan fingerprint density at radius 1 is 1.19 bits per heavy atom. The monoisotopic (exact) mass is 376 g/mol. The van der Waals surface area contributed by atoms with Crippen molar-refractivity contribution in [1.29, 1.82) is 0 Å². The number of para-hydroxylation sites is 1. The summed E-state index contributed by atoms with van der Waals surface area (Å²) < 4.78 is 33.3. The van der Waals surface area contributed by atoms with Gasteiger partial charge in [0.2, 0.25) is 5.88 Å². The van der Waals surface area contributed by atoms with Crippen LogP contribution in [0, 0.1) is 13.8 Å². The Bertz CT molecular complexity index is 899. The maximum absolute atomic E-state index is 12.3. The summed E-state index contributed by atoms with van der Waals surface area (Å²) in [6.45, 7) is 4.72. The number of aromatic nitrogens is 2. The van der Waals surface area contributed by atoms with Crippen molar-refractivity contribution in [2.45, 2.75) is 26.2 Å². The van der Waals surface area contributed by atoms with E-state index >= 15 is 0 Å². The molecule has 0 N–H and O–H groups in total. The van der Waals surface area contributed by atoms with Crippen LogP contribution in [0.4, 0.5) is 0 Å². The van der Waals surface area contributed by atoms with Crippen molar-refractivity contribution < 1.29 is 13.2 Å². The van der Waals surface area contributed by atoms with E-state index in [1.165, 1.54) is 8.61 Å². The topological polar surface area (TPSA) is 75.6 Å². The molecule has 8 heteroatoms. The average Bonchev–Trinajstić information content (AvgIpc) is 3.07. The van der Waals surface area contributed by atoms with Crippen molar-refractivity contribution in [2.75, 3.05) is 27.2 Å². The van der Waals surface area contributed by atoms with E-state index < -0.39 is 10.2 Å². The highest BCUT2D eigenvalue weighted by atomic mass is 32.2. The van der Waals surface area contributed by atoms with Crippen LogP contribution in [0.25, 0.3) is 0 Å². The number of nitrogens with zero attached hydrogens (tertiary/aromatic N) is 4. The van der Waals surface area contributed by atoms with E-state index in [0.29, 0.717) is 31.2 Å². The molecule has 1 saturated heterocycles. The molecule has 3 rings (SSSR count). The Balaban J connectivity index is 1.82. The van der Waals surface area contributed by atoms with E-state index in [0.717, 1.165) is 17.0 Å². The molecule has 140 valence electrons. The summed E-state index contributed by atoms with van der Waals surface area (Å²) in [5.41, 5.74) is 1.82. The third-order valence-electron chi connectivity index (χ3n) is 4.46. The van der Waals surface area contributed by atoms with Gasteiger partial charge in [-0.2, -0.15) is 22.0 Å². The van der Waals surface area contributed by atoms with Gasteiger partial charge in [-0.25, -0.2) is 4.98 Å². The lowest BCUT2D eigenvalue weighted by Gasteiger charge is -2.20. The second kappa shape index (κ2) is 7.30. The first-order valence-corrected chi connectivity index (χ1v) is 9.93. The Labute approximate surface area is 154 Å². The normalized spacial score (nSPS) is 18.4. The van der Waals surface area contributed by atoms with E-state index in [1.54, 1.807) is 20.2 Å². The maximum atomic E-state index is 12.3. The lowest BCUT2D eigenvalue weighted by Crippen LogP contribution is -2.38. The second-order valence-corrected chi connectivity index (χ2v) is 8.85. The molecular formula is C18H24N4O3S. The largest absolute Gasteiger partial charge is 0.439 e. The fourth-order valence-corrected chi connectivity index (χ4v) is 4.13. The molecule has 0 aliphatic carbocycles. The van der Waals surface area contributed by atoms with Crippen molar-refractivity contribution in [3.05, 3.63) is 47.4 Å². The van der Waals surface area contributed by atoms with E-state index in [2.05, 4.69) is 9.97 Å². The minimum absolute atomic E-state index is 0.0381. The summed E-state index contributed by atoms with van der Waals surface area (Å²) >= 11 is 0. The van der Waals surface area contributed by atoms with Crippen LogP contribution in [-0.2, 0) is 10.2 Å². The molecule has 0 bridgehead atoms. The lowest BCUT2D eigenvalue weighted by atomic mass is 10.1. The fourth-order valence-electron chi connectivity index (χ4n) is 2.96. The van der Waals surface area contributed by atoms with Gasteiger partial charge in [-0.1, -0.05) is 18.2 Å². The molecule has 0 spiro atoms. The molecular weight excluding hydrogens is 352 g/mol. The van der Waals surface area contributed by atoms with Gasteiger partial charge in [-0.3, -0.25) is 0 Å². The van der Waals surface area contributed by atoms with Crippen molar-refractivity contribution >= 4 is 10.2 Å². The number of rotatable bonds is 5.